The van der Waals surface area contributed by atoms with Crippen LogP contribution in [0.15, 0.2) is 88.9 Å². The molecule has 43 heavy (non-hydrogen) atoms. The molecule has 0 fully saturated rings. The third-order valence-electron chi connectivity index (χ3n) is 7.46. The van der Waals surface area contributed by atoms with Crippen molar-refractivity contribution < 1.29 is 24.5 Å². The zero-order valence-electron chi connectivity index (χ0n) is 25.3. The number of furan rings is 1. The van der Waals surface area contributed by atoms with Gasteiger partial charge in [0, 0.05) is 48.0 Å². The van der Waals surface area contributed by atoms with E-state index in [4.69, 9.17) is 4.42 Å². The van der Waals surface area contributed by atoms with Crippen LogP contribution in [0.2, 0.25) is 0 Å². The Kier molecular flexibility index (Phi) is 8.99. The van der Waals surface area contributed by atoms with Gasteiger partial charge in [-0.2, -0.15) is 0 Å². The molecule has 0 amide bonds. The molecule has 4 heterocycles. The van der Waals surface area contributed by atoms with Crippen molar-refractivity contribution in [2.45, 2.75) is 48.0 Å². The van der Waals surface area contributed by atoms with Crippen molar-refractivity contribution in [1.82, 2.24) is 9.97 Å². The zero-order chi connectivity index (χ0) is 29.4. The summed E-state index contributed by atoms with van der Waals surface area (Å²) >= 11 is 1.74. The first kappa shape index (κ1) is 30.8. The summed E-state index contributed by atoms with van der Waals surface area (Å²) in [5.74, 6) is 0. The maximum absolute atomic E-state index is 6.39. The van der Waals surface area contributed by atoms with Gasteiger partial charge >= 0.3 is 0 Å². The molecule has 7 aromatic rings. The normalized spacial score (nSPS) is 11.4. The van der Waals surface area contributed by atoms with Gasteiger partial charge in [-0.25, -0.2) is 0 Å². The van der Waals surface area contributed by atoms with Crippen molar-refractivity contribution in [2.24, 2.45) is 5.41 Å². The predicted molar refractivity (Wildman–Crippen MR) is 177 cm³/mol. The van der Waals surface area contributed by atoms with Crippen LogP contribution in [0.3, 0.4) is 0 Å². The number of hydrogen-bond donors (Lipinski definition) is 0. The largest absolute Gasteiger partial charge is 0.500 e. The summed E-state index contributed by atoms with van der Waals surface area (Å²) in [6, 6.07) is 29.7. The Hall–Kier alpha value is -3.63. The molecule has 0 aliphatic heterocycles. The molecule has 3 aromatic carbocycles. The maximum Gasteiger partial charge on any atom is 0.129 e. The first-order chi connectivity index (χ1) is 20.2. The minimum absolute atomic E-state index is 0. The maximum atomic E-state index is 6.39. The topological polar surface area (TPSA) is 38.9 Å². The van der Waals surface area contributed by atoms with E-state index >= 15 is 0 Å². The zero-order valence-corrected chi connectivity index (χ0v) is 28.5. The van der Waals surface area contributed by atoms with Gasteiger partial charge in [0.2, 0.25) is 0 Å². The number of pyridine rings is 2. The molecular weight excluding hydrogens is 725 g/mol. The molecule has 0 aliphatic rings. The average molecular weight is 759 g/mol. The smallest absolute Gasteiger partial charge is 0.129 e. The van der Waals surface area contributed by atoms with Crippen LogP contribution in [-0.4, -0.2) is 9.97 Å². The van der Waals surface area contributed by atoms with E-state index in [0.717, 1.165) is 50.9 Å². The van der Waals surface area contributed by atoms with Crippen LogP contribution >= 0.6 is 11.3 Å². The second-order valence-electron chi connectivity index (χ2n) is 12.2. The quantitative estimate of drug-likeness (QED) is 0.169. The van der Waals surface area contributed by atoms with Gasteiger partial charge in [0.05, 0.1) is 5.58 Å². The summed E-state index contributed by atoms with van der Waals surface area (Å²) in [6.45, 7) is 13.0. The number of nitrogens with zero attached hydrogens (tertiary/aromatic N) is 2. The molecule has 1 radical (unpaired) electrons. The van der Waals surface area contributed by atoms with Gasteiger partial charge in [-0.1, -0.05) is 68.0 Å². The van der Waals surface area contributed by atoms with Gasteiger partial charge in [-0.05, 0) is 66.2 Å². The van der Waals surface area contributed by atoms with E-state index in [1.807, 2.05) is 24.5 Å². The van der Waals surface area contributed by atoms with Crippen molar-refractivity contribution in [3.63, 3.8) is 0 Å². The molecule has 5 heteroatoms. The molecule has 0 atom stereocenters. The number of fused-ring (bicyclic) bond motifs is 5. The molecule has 0 saturated carbocycles. The third kappa shape index (κ3) is 6.65. The van der Waals surface area contributed by atoms with E-state index in [-0.39, 0.29) is 25.5 Å². The predicted octanol–water partition coefficient (Wildman–Crippen LogP) is 10.7. The molecule has 0 bridgehead atoms. The molecule has 0 N–H and O–H groups in total. The van der Waals surface area contributed by atoms with E-state index in [9.17, 15) is 0 Å². The molecule has 3 nitrogen and oxygen atoms in total. The fourth-order valence-electron chi connectivity index (χ4n) is 5.20. The van der Waals surface area contributed by atoms with Gasteiger partial charge in [0.15, 0.2) is 0 Å². The molecule has 0 unspecified atom stereocenters. The van der Waals surface area contributed by atoms with E-state index < -0.39 is 0 Å². The first-order valence-electron chi connectivity index (χ1n) is 14.3. The summed E-state index contributed by atoms with van der Waals surface area (Å²) in [7, 11) is 0. The van der Waals surface area contributed by atoms with E-state index in [0.29, 0.717) is 0 Å². The monoisotopic (exact) mass is 759 g/mol. The van der Waals surface area contributed by atoms with Gasteiger partial charge < -0.3 is 14.4 Å². The third-order valence-corrected chi connectivity index (χ3v) is 8.34. The molecule has 0 aliphatic carbocycles. The number of hydrogen-bond acceptors (Lipinski definition) is 4. The fourth-order valence-corrected chi connectivity index (χ4v) is 5.99. The van der Waals surface area contributed by atoms with Crippen LogP contribution in [-0.2, 0) is 26.5 Å². The summed E-state index contributed by atoms with van der Waals surface area (Å²) in [6.07, 6.45) is 4.81. The second-order valence-corrected chi connectivity index (χ2v) is 13.1. The standard InChI is InChI=1S/C24H20NOS.C14H14N.Ir/c1-24(2,3)14-15-9-11-25-20(13-15)18-6-4-5-16-17-7-8-21-19(10-12-27-21)23(17)26-22(16)18;1-10-4-6-13(7-5-10)14-8-11(2)12(3)9-15-14;/h4-5,7-13H,14H2,1-3H3;4-6,8-9H,1-3H3;/q2*-1;. The number of rotatable bonds is 3. The van der Waals surface area contributed by atoms with Crippen LogP contribution < -0.4 is 0 Å². The fraction of sp³-hybridized carbons (Fsp3) is 0.211. The van der Waals surface area contributed by atoms with Crippen molar-refractivity contribution in [1.29, 1.82) is 0 Å². The Labute approximate surface area is 271 Å². The van der Waals surface area contributed by atoms with Crippen LogP contribution in [0, 0.1) is 38.3 Å². The van der Waals surface area contributed by atoms with Crippen molar-refractivity contribution >= 4 is 43.4 Å². The molecular formula is C38H34IrN2OS-2. The molecule has 0 saturated heterocycles. The van der Waals surface area contributed by atoms with Crippen LogP contribution in [0.1, 0.15) is 43.0 Å². The number of benzene rings is 3. The van der Waals surface area contributed by atoms with E-state index in [2.05, 4.69) is 124 Å². The second kappa shape index (κ2) is 12.5. The molecule has 219 valence electrons. The Bertz CT molecular complexity index is 2030. The summed E-state index contributed by atoms with van der Waals surface area (Å²) in [4.78, 5) is 9.03. The van der Waals surface area contributed by atoms with E-state index in [1.54, 1.807) is 11.3 Å². The first-order valence-corrected chi connectivity index (χ1v) is 15.1. The summed E-state index contributed by atoms with van der Waals surface area (Å²) in [5.41, 5.74) is 11.0. The van der Waals surface area contributed by atoms with Gasteiger partial charge in [0.1, 0.15) is 5.58 Å². The van der Waals surface area contributed by atoms with Gasteiger partial charge in [-0.15, -0.1) is 64.9 Å². The van der Waals surface area contributed by atoms with Crippen molar-refractivity contribution in [2.75, 3.05) is 0 Å². The van der Waals surface area contributed by atoms with Crippen molar-refractivity contribution in [3.8, 4) is 22.5 Å². The van der Waals surface area contributed by atoms with Crippen LogP contribution in [0.4, 0.5) is 0 Å². The minimum atomic E-state index is 0. The molecule has 4 aromatic heterocycles. The molecule has 0 spiro atoms. The van der Waals surface area contributed by atoms with Crippen LogP contribution in [0.5, 0.6) is 0 Å². The average Bonchev–Trinajstić information content (AvgIpc) is 3.59. The van der Waals surface area contributed by atoms with Gasteiger partial charge in [0.25, 0.3) is 0 Å². The van der Waals surface area contributed by atoms with Crippen molar-refractivity contribution in [3.05, 3.63) is 119 Å². The number of aromatic nitrogens is 2. The Morgan fingerprint density at radius 1 is 0.791 bits per heavy atom. The minimum Gasteiger partial charge on any atom is -0.500 e. The SMILES string of the molecule is CC(C)(C)Cc1ccnc(-c2[c-]ccc3c2oc2c4ccsc4ccc32)c1.Cc1c[c-]c(-c2cc(C)c(C)cn2)cc1.[Ir]. The number of aryl methyl sites for hydroxylation is 3. The summed E-state index contributed by atoms with van der Waals surface area (Å²) in [5, 5.41) is 5.56. The summed E-state index contributed by atoms with van der Waals surface area (Å²) < 4.78 is 7.63. The van der Waals surface area contributed by atoms with E-state index in [1.165, 1.54) is 32.3 Å². The molecule has 7 rings (SSSR count). The Balaban J connectivity index is 0.000000197. The Morgan fingerprint density at radius 2 is 1.60 bits per heavy atom. The number of thiophene rings is 1. The van der Waals surface area contributed by atoms with Crippen LogP contribution in [0.25, 0.3) is 54.5 Å². The van der Waals surface area contributed by atoms with Gasteiger partial charge in [-0.3, -0.25) is 0 Å². The Morgan fingerprint density at radius 3 is 2.35 bits per heavy atom.